The second kappa shape index (κ2) is 4.52. The third-order valence-corrected chi connectivity index (χ3v) is 1.97. The lowest BCUT2D eigenvalue weighted by atomic mass is 9.93. The van der Waals surface area contributed by atoms with Crippen LogP contribution in [-0.2, 0) is 4.79 Å². The summed E-state index contributed by atoms with van der Waals surface area (Å²) in [6.45, 7) is 3.57. The molecular formula is C11H12N2O. The van der Waals surface area contributed by atoms with Crippen molar-refractivity contribution in [1.82, 2.24) is 4.98 Å². The molecule has 0 amide bonds. The molecule has 0 aliphatic carbocycles. The molecule has 1 aromatic rings. The maximum absolute atomic E-state index is 11.6. The summed E-state index contributed by atoms with van der Waals surface area (Å²) in [6.07, 6.45) is 1.59. The molecule has 0 saturated carbocycles. The van der Waals surface area contributed by atoms with E-state index in [1.807, 2.05) is 6.07 Å². The molecule has 1 atom stereocenters. The molecule has 0 bridgehead atoms. The topological polar surface area (TPSA) is 53.8 Å². The SMILES string of the molecule is CC(C)C(=O)C(C#N)c1ccccn1. The highest BCUT2D eigenvalue weighted by Crippen LogP contribution is 2.17. The molecule has 0 aliphatic heterocycles. The molecule has 1 heterocycles. The molecule has 14 heavy (non-hydrogen) atoms. The standard InChI is InChI=1S/C11H12N2O/c1-8(2)11(14)9(7-12)10-5-3-4-6-13-10/h3-6,8-9H,1-2H3. The van der Waals surface area contributed by atoms with Crippen LogP contribution in [0.4, 0.5) is 0 Å². The number of Topliss-reactive ketones (excluding diaryl/α,β-unsaturated/α-hetero) is 1. The zero-order valence-corrected chi connectivity index (χ0v) is 8.27. The zero-order chi connectivity index (χ0) is 10.6. The third kappa shape index (κ3) is 2.17. The number of carbonyl (C=O) groups is 1. The number of nitriles is 1. The van der Waals surface area contributed by atoms with Crippen molar-refractivity contribution < 1.29 is 4.79 Å². The van der Waals surface area contributed by atoms with Gasteiger partial charge in [0, 0.05) is 12.1 Å². The number of pyridine rings is 1. The fourth-order valence-corrected chi connectivity index (χ4v) is 1.16. The maximum atomic E-state index is 11.6. The Morgan fingerprint density at radius 2 is 2.21 bits per heavy atom. The summed E-state index contributed by atoms with van der Waals surface area (Å²) < 4.78 is 0. The summed E-state index contributed by atoms with van der Waals surface area (Å²) in [5.74, 6) is -0.941. The molecule has 1 aromatic heterocycles. The molecular weight excluding hydrogens is 176 g/mol. The Morgan fingerprint density at radius 3 is 2.64 bits per heavy atom. The first kappa shape index (κ1) is 10.4. The lowest BCUT2D eigenvalue weighted by Gasteiger charge is -2.09. The van der Waals surface area contributed by atoms with Gasteiger partial charge in [-0.1, -0.05) is 19.9 Å². The quantitative estimate of drug-likeness (QED) is 0.728. The van der Waals surface area contributed by atoms with Gasteiger partial charge in [-0.2, -0.15) is 5.26 Å². The fourth-order valence-electron chi connectivity index (χ4n) is 1.16. The summed E-state index contributed by atoms with van der Waals surface area (Å²) in [4.78, 5) is 15.6. The minimum Gasteiger partial charge on any atom is -0.297 e. The second-order valence-electron chi connectivity index (χ2n) is 3.37. The lowest BCUT2D eigenvalue weighted by Crippen LogP contribution is -2.17. The van der Waals surface area contributed by atoms with Crippen LogP contribution in [0, 0.1) is 17.2 Å². The van der Waals surface area contributed by atoms with Gasteiger partial charge in [0.2, 0.25) is 0 Å². The Kier molecular flexibility index (Phi) is 3.35. The van der Waals surface area contributed by atoms with Crippen LogP contribution in [0.1, 0.15) is 25.5 Å². The van der Waals surface area contributed by atoms with Gasteiger partial charge in [-0.25, -0.2) is 0 Å². The molecule has 0 spiro atoms. The van der Waals surface area contributed by atoms with Crippen LogP contribution < -0.4 is 0 Å². The molecule has 0 radical (unpaired) electrons. The summed E-state index contributed by atoms with van der Waals surface area (Å²) in [7, 11) is 0. The molecule has 1 rings (SSSR count). The maximum Gasteiger partial charge on any atom is 0.158 e. The van der Waals surface area contributed by atoms with Crippen LogP contribution in [0.15, 0.2) is 24.4 Å². The van der Waals surface area contributed by atoms with Crippen LogP contribution in [0.2, 0.25) is 0 Å². The van der Waals surface area contributed by atoms with E-state index in [-0.39, 0.29) is 11.7 Å². The Hall–Kier alpha value is -1.69. The van der Waals surface area contributed by atoms with E-state index in [1.54, 1.807) is 38.2 Å². The Morgan fingerprint density at radius 1 is 1.50 bits per heavy atom. The number of rotatable bonds is 3. The van der Waals surface area contributed by atoms with Gasteiger partial charge in [-0.15, -0.1) is 0 Å². The van der Waals surface area contributed by atoms with Crippen molar-refractivity contribution in [1.29, 1.82) is 5.26 Å². The number of nitrogens with zero attached hydrogens (tertiary/aromatic N) is 2. The predicted molar refractivity (Wildman–Crippen MR) is 52.4 cm³/mol. The highest BCUT2D eigenvalue weighted by Gasteiger charge is 2.23. The summed E-state index contributed by atoms with van der Waals surface area (Å²) in [6, 6.07) is 7.23. The minimum absolute atomic E-state index is 0.0776. The van der Waals surface area contributed by atoms with E-state index >= 15 is 0 Å². The summed E-state index contributed by atoms with van der Waals surface area (Å²) in [5.41, 5.74) is 0.536. The number of ketones is 1. The first-order chi connectivity index (χ1) is 6.66. The average Bonchev–Trinajstić information content (AvgIpc) is 2.20. The van der Waals surface area contributed by atoms with Crippen LogP contribution in [-0.4, -0.2) is 10.8 Å². The van der Waals surface area contributed by atoms with E-state index in [1.165, 1.54) is 0 Å². The van der Waals surface area contributed by atoms with Gasteiger partial charge in [0.25, 0.3) is 0 Å². The van der Waals surface area contributed by atoms with Gasteiger partial charge in [0.1, 0.15) is 5.92 Å². The van der Waals surface area contributed by atoms with Crippen molar-refractivity contribution in [3.8, 4) is 6.07 Å². The van der Waals surface area contributed by atoms with E-state index in [0.717, 1.165) is 0 Å². The van der Waals surface area contributed by atoms with Crippen LogP contribution in [0.3, 0.4) is 0 Å². The van der Waals surface area contributed by atoms with Gasteiger partial charge in [0.15, 0.2) is 5.78 Å². The van der Waals surface area contributed by atoms with Crippen molar-refractivity contribution >= 4 is 5.78 Å². The third-order valence-electron chi connectivity index (χ3n) is 1.97. The molecule has 0 aromatic carbocycles. The number of carbonyl (C=O) groups excluding carboxylic acids is 1. The lowest BCUT2D eigenvalue weighted by molar-refractivity contribution is -0.122. The van der Waals surface area contributed by atoms with Crippen LogP contribution in [0.25, 0.3) is 0 Å². The molecule has 72 valence electrons. The number of aromatic nitrogens is 1. The van der Waals surface area contributed by atoms with Gasteiger partial charge in [-0.05, 0) is 12.1 Å². The molecule has 0 fully saturated rings. The monoisotopic (exact) mass is 188 g/mol. The van der Waals surface area contributed by atoms with Gasteiger partial charge in [-0.3, -0.25) is 9.78 Å². The molecule has 1 unspecified atom stereocenters. The van der Waals surface area contributed by atoms with Crippen LogP contribution >= 0.6 is 0 Å². The number of hydrogen-bond donors (Lipinski definition) is 0. The van der Waals surface area contributed by atoms with Gasteiger partial charge in [0.05, 0.1) is 11.8 Å². The first-order valence-electron chi connectivity index (χ1n) is 4.51. The van der Waals surface area contributed by atoms with E-state index in [0.29, 0.717) is 5.69 Å². The van der Waals surface area contributed by atoms with Crippen LogP contribution in [0.5, 0.6) is 0 Å². The molecule has 0 N–H and O–H groups in total. The summed E-state index contributed by atoms with van der Waals surface area (Å²) in [5, 5.41) is 8.89. The first-order valence-corrected chi connectivity index (χ1v) is 4.51. The largest absolute Gasteiger partial charge is 0.297 e. The van der Waals surface area contributed by atoms with Gasteiger partial charge >= 0.3 is 0 Å². The number of hydrogen-bond acceptors (Lipinski definition) is 3. The van der Waals surface area contributed by atoms with Crippen molar-refractivity contribution in [3.63, 3.8) is 0 Å². The summed E-state index contributed by atoms with van der Waals surface area (Å²) >= 11 is 0. The highest BCUT2D eigenvalue weighted by molar-refractivity contribution is 5.89. The average molecular weight is 188 g/mol. The Balaban J connectivity index is 2.96. The van der Waals surface area contributed by atoms with Crippen molar-refractivity contribution in [3.05, 3.63) is 30.1 Å². The predicted octanol–water partition coefficient (Wildman–Crippen LogP) is 1.91. The fraction of sp³-hybridized carbons (Fsp3) is 0.364. The van der Waals surface area contributed by atoms with E-state index < -0.39 is 5.92 Å². The Labute approximate surface area is 83.4 Å². The normalized spacial score (nSPS) is 12.1. The Bertz CT molecular complexity index is 351. The highest BCUT2D eigenvalue weighted by atomic mass is 16.1. The minimum atomic E-state index is -0.726. The van der Waals surface area contributed by atoms with Crippen molar-refractivity contribution in [2.45, 2.75) is 19.8 Å². The smallest absolute Gasteiger partial charge is 0.158 e. The molecule has 0 aliphatic rings. The molecule has 0 saturated heterocycles. The van der Waals surface area contributed by atoms with E-state index in [4.69, 9.17) is 5.26 Å². The zero-order valence-electron chi connectivity index (χ0n) is 8.27. The van der Waals surface area contributed by atoms with E-state index in [2.05, 4.69) is 4.98 Å². The van der Waals surface area contributed by atoms with Crippen molar-refractivity contribution in [2.75, 3.05) is 0 Å². The van der Waals surface area contributed by atoms with Gasteiger partial charge < -0.3 is 0 Å². The molecule has 3 nitrogen and oxygen atoms in total. The van der Waals surface area contributed by atoms with E-state index in [9.17, 15) is 4.79 Å². The van der Waals surface area contributed by atoms with Crippen molar-refractivity contribution in [2.24, 2.45) is 5.92 Å². The molecule has 3 heteroatoms. The second-order valence-corrected chi connectivity index (χ2v) is 3.37.